The first-order valence-corrected chi connectivity index (χ1v) is 21.6. The molecule has 0 aliphatic carbocycles. The first-order chi connectivity index (χ1) is 29.4. The van der Waals surface area contributed by atoms with Crippen molar-refractivity contribution in [3.05, 3.63) is 23.8 Å². The van der Waals surface area contributed by atoms with Crippen LogP contribution in [0.15, 0.2) is 23.2 Å². The molecular weight excluding hydrogens is 829 g/mol. The van der Waals surface area contributed by atoms with Crippen molar-refractivity contribution >= 4 is 81.6 Å². The molecule has 22 heteroatoms. The van der Waals surface area contributed by atoms with Gasteiger partial charge < -0.3 is 62.7 Å². The number of methoxy groups -OCH3 is 1. The van der Waals surface area contributed by atoms with E-state index in [1.807, 2.05) is 0 Å². The number of anilines is 1. The lowest BCUT2D eigenvalue weighted by Gasteiger charge is -2.32. The van der Waals surface area contributed by atoms with Gasteiger partial charge in [-0.2, -0.15) is 0 Å². The van der Waals surface area contributed by atoms with E-state index in [1.54, 1.807) is 45.9 Å². The summed E-state index contributed by atoms with van der Waals surface area (Å²) in [4.78, 5) is 129. The minimum atomic E-state index is -1.65. The van der Waals surface area contributed by atoms with Crippen molar-refractivity contribution in [2.75, 3.05) is 38.2 Å². The van der Waals surface area contributed by atoms with E-state index in [2.05, 4.69) is 42.2 Å². The molecule has 2 bridgehead atoms. The highest BCUT2D eigenvalue weighted by atomic mass is 32.2. The van der Waals surface area contributed by atoms with Gasteiger partial charge in [0.15, 0.2) is 0 Å². The Morgan fingerprint density at radius 2 is 1.48 bits per heavy atom. The number of amides is 8. The summed E-state index contributed by atoms with van der Waals surface area (Å²) in [6, 6.07) is -3.27. The molecule has 1 aromatic carbocycles. The highest BCUT2D eigenvalue weighted by molar-refractivity contribution is 7.99. The van der Waals surface area contributed by atoms with Crippen molar-refractivity contribution in [3.63, 3.8) is 0 Å². The monoisotopic (exact) mass is 884 g/mol. The third kappa shape index (κ3) is 11.3. The highest BCUT2D eigenvalue weighted by Gasteiger charge is 2.44. The first-order valence-electron chi connectivity index (χ1n) is 20.6. The molecule has 1 fully saturated rings. The zero-order chi connectivity index (χ0) is 45.4. The number of ether oxygens (including phenoxy) is 1. The first kappa shape index (κ1) is 47.2. The van der Waals surface area contributed by atoms with Crippen molar-refractivity contribution < 1.29 is 53.0 Å². The Labute approximate surface area is 361 Å². The maximum absolute atomic E-state index is 14.4. The van der Waals surface area contributed by atoms with Crippen LogP contribution in [-0.2, 0) is 54.3 Å². The molecule has 8 amide bonds. The SMILES string of the molecule is CC[C@H](C)[C@@H]1NC(=O)CNC(=O)[C@@H]2Cc3c([nH]c4ccc(N)cc34)SC[C@H](NC(=O)CNC1=O)C(=O)N[C@@H](CC(=O)OC)C(=O)N1C[C@H](O)C[C@H]1C(=O)N[C@@H]([C@@H](C)CC)C(=O)N2. The summed E-state index contributed by atoms with van der Waals surface area (Å²) in [5.41, 5.74) is 7.62. The van der Waals surface area contributed by atoms with Crippen molar-refractivity contribution in [2.24, 2.45) is 11.8 Å². The van der Waals surface area contributed by atoms with Gasteiger partial charge in [-0.3, -0.25) is 43.2 Å². The Bertz CT molecular complexity index is 2080. The number of carbonyl (C=O) groups is 9. The Morgan fingerprint density at radius 3 is 2.15 bits per heavy atom. The van der Waals surface area contributed by atoms with Crippen LogP contribution >= 0.6 is 11.8 Å². The molecule has 1 saturated heterocycles. The second kappa shape index (κ2) is 20.8. The number of hydrogen-bond donors (Lipinski definition) is 10. The van der Waals surface area contributed by atoms with Crippen LogP contribution in [0.5, 0.6) is 0 Å². The summed E-state index contributed by atoms with van der Waals surface area (Å²) in [6.45, 7) is 5.41. The number of nitrogen functional groups attached to an aromatic ring is 1. The number of nitrogens with zero attached hydrogens (tertiary/aromatic N) is 1. The van der Waals surface area contributed by atoms with E-state index in [0.29, 0.717) is 40.0 Å². The van der Waals surface area contributed by atoms with Crippen LogP contribution in [-0.4, -0.2) is 143 Å². The molecule has 1 aromatic heterocycles. The normalized spacial score (nSPS) is 27.3. The molecule has 9 atom stereocenters. The van der Waals surface area contributed by atoms with Gasteiger partial charge in [0.05, 0.1) is 37.8 Å². The smallest absolute Gasteiger partial charge is 0.308 e. The molecule has 0 saturated carbocycles. The van der Waals surface area contributed by atoms with E-state index in [-0.39, 0.29) is 25.1 Å². The molecule has 62 heavy (non-hydrogen) atoms. The predicted molar refractivity (Wildman–Crippen MR) is 224 cm³/mol. The molecule has 2 aromatic rings. The van der Waals surface area contributed by atoms with Crippen LogP contribution in [0.2, 0.25) is 0 Å². The molecule has 21 nitrogen and oxygen atoms in total. The quantitative estimate of drug-likeness (QED) is 0.108. The minimum absolute atomic E-state index is 0.203. The van der Waals surface area contributed by atoms with Crippen molar-refractivity contribution in [1.82, 2.24) is 47.1 Å². The largest absolute Gasteiger partial charge is 0.469 e. The van der Waals surface area contributed by atoms with Gasteiger partial charge >= 0.3 is 5.97 Å². The molecular formula is C40H56N10O11S. The van der Waals surface area contributed by atoms with Crippen LogP contribution in [0, 0.1) is 11.8 Å². The second-order valence-corrected chi connectivity index (χ2v) is 16.9. The van der Waals surface area contributed by atoms with E-state index < -0.39 is 127 Å². The Balaban J connectivity index is 1.69. The number of aliphatic hydroxyl groups is 1. The molecule has 338 valence electrons. The number of benzene rings is 1. The van der Waals surface area contributed by atoms with Gasteiger partial charge in [0.25, 0.3) is 0 Å². The van der Waals surface area contributed by atoms with Crippen LogP contribution in [0.25, 0.3) is 10.9 Å². The van der Waals surface area contributed by atoms with Crippen LogP contribution < -0.4 is 43.0 Å². The summed E-state index contributed by atoms with van der Waals surface area (Å²) in [7, 11) is 1.08. The number of esters is 1. The number of carbonyl (C=O) groups excluding carboxylic acids is 9. The molecule has 4 heterocycles. The lowest BCUT2D eigenvalue weighted by atomic mass is 9.96. The van der Waals surface area contributed by atoms with Gasteiger partial charge in [-0.25, -0.2) is 0 Å². The lowest BCUT2D eigenvalue weighted by molar-refractivity contribution is -0.148. The second-order valence-electron chi connectivity index (χ2n) is 15.9. The zero-order valence-electron chi connectivity index (χ0n) is 35.3. The fraction of sp³-hybridized carbons (Fsp3) is 0.575. The van der Waals surface area contributed by atoms with Gasteiger partial charge in [-0.15, -0.1) is 11.8 Å². The predicted octanol–water partition coefficient (Wildman–Crippen LogP) is -2.31. The Kier molecular flexibility index (Phi) is 15.8. The van der Waals surface area contributed by atoms with E-state index in [1.165, 1.54) is 0 Å². The lowest BCUT2D eigenvalue weighted by Crippen LogP contribution is -2.61. The van der Waals surface area contributed by atoms with Gasteiger partial charge in [0.1, 0.15) is 36.3 Å². The van der Waals surface area contributed by atoms with E-state index >= 15 is 0 Å². The van der Waals surface area contributed by atoms with Crippen molar-refractivity contribution in [3.8, 4) is 0 Å². The van der Waals surface area contributed by atoms with E-state index in [9.17, 15) is 48.3 Å². The summed E-state index contributed by atoms with van der Waals surface area (Å²) in [5, 5.41) is 30.0. The number of fused-ring (bicyclic) bond motifs is 5. The fourth-order valence-corrected chi connectivity index (χ4v) is 8.63. The maximum atomic E-state index is 14.4. The zero-order valence-corrected chi connectivity index (χ0v) is 36.1. The number of hydrogen-bond acceptors (Lipinski definition) is 13. The topological polar surface area (TPSA) is 312 Å². The number of nitrogens with two attached hydrogens (primary N) is 1. The van der Waals surface area contributed by atoms with Gasteiger partial charge in [0, 0.05) is 41.7 Å². The number of H-pyrrole nitrogens is 1. The molecule has 3 aliphatic rings. The van der Waals surface area contributed by atoms with Crippen LogP contribution in [0.3, 0.4) is 0 Å². The third-order valence-corrected chi connectivity index (χ3v) is 12.6. The number of aliphatic hydroxyl groups excluding tert-OH is 1. The summed E-state index contributed by atoms with van der Waals surface area (Å²) in [6.07, 6.45) is -1.51. The number of aromatic amines is 1. The minimum Gasteiger partial charge on any atom is -0.469 e. The number of thioether (sulfide) groups is 1. The third-order valence-electron chi connectivity index (χ3n) is 11.5. The average Bonchev–Trinajstić information content (AvgIpc) is 3.81. The molecule has 3 aliphatic heterocycles. The van der Waals surface area contributed by atoms with Crippen LogP contribution in [0.4, 0.5) is 5.69 Å². The van der Waals surface area contributed by atoms with E-state index in [0.717, 1.165) is 23.8 Å². The summed E-state index contributed by atoms with van der Waals surface area (Å²) in [5.74, 6) is -8.56. The summed E-state index contributed by atoms with van der Waals surface area (Å²) < 4.78 is 4.82. The molecule has 0 unspecified atom stereocenters. The molecule has 5 rings (SSSR count). The van der Waals surface area contributed by atoms with Crippen molar-refractivity contribution in [2.45, 2.75) is 107 Å². The number of nitrogens with one attached hydrogen (secondary N) is 8. The van der Waals surface area contributed by atoms with Gasteiger partial charge in [0.2, 0.25) is 47.3 Å². The van der Waals surface area contributed by atoms with Crippen LogP contribution in [0.1, 0.15) is 58.9 Å². The number of rotatable bonds is 6. The Morgan fingerprint density at radius 1 is 0.839 bits per heavy atom. The highest BCUT2D eigenvalue weighted by Crippen LogP contribution is 2.33. The molecule has 11 N–H and O–H groups in total. The van der Waals surface area contributed by atoms with E-state index in [4.69, 9.17) is 10.5 Å². The number of aromatic nitrogens is 1. The summed E-state index contributed by atoms with van der Waals surface area (Å²) >= 11 is 1.05. The molecule has 0 radical (unpaired) electrons. The molecule has 0 spiro atoms. The average molecular weight is 885 g/mol. The Hall–Kier alpha value is -5.90. The van der Waals surface area contributed by atoms with Gasteiger partial charge in [-0.1, -0.05) is 40.5 Å². The fourth-order valence-electron chi connectivity index (χ4n) is 7.51. The maximum Gasteiger partial charge on any atom is 0.308 e. The van der Waals surface area contributed by atoms with Crippen molar-refractivity contribution in [1.29, 1.82) is 0 Å². The standard InChI is InChI=1S/C40H56N10O11S/c1-6-18(3)32-37(58)43-14-29(52)44-27-17-62-39-23(22-10-20(41)8-9-24(22)47-39)12-25(34(55)42-15-30(53)48-32)45-38(59)33(19(4)7-2)49-36(57)28-11-21(51)16-50(28)40(60)26(46-35(27)56)13-31(54)61-5/h8-10,18-19,21,25-28,32-33,47,51H,6-7,11-17,41H2,1-5H3,(H,42,55)(H,43,58)(H,44,52)(H,45,59)(H,46,56)(H,48,53)(H,49,57)/t18-,19-,21+,25-,26-,27-,28-,32-,33-/m0/s1. The van der Waals surface area contributed by atoms with Gasteiger partial charge in [-0.05, 0) is 35.6 Å².